The maximum Gasteiger partial charge on any atom is 0.416 e. The van der Waals surface area contributed by atoms with Crippen LogP contribution >= 0.6 is 0 Å². The third kappa shape index (κ3) is 4.60. The molecule has 122 valence electrons. The number of pyridine rings is 1. The molecule has 2 amide bonds. The van der Waals surface area contributed by atoms with Crippen LogP contribution in [0.1, 0.15) is 11.3 Å². The maximum absolute atomic E-state index is 12.7. The van der Waals surface area contributed by atoms with Crippen LogP contribution < -0.4 is 15.4 Å². The number of amides is 2. The van der Waals surface area contributed by atoms with Crippen LogP contribution in [0.15, 0.2) is 36.4 Å². The highest BCUT2D eigenvalue weighted by atomic mass is 19.4. The van der Waals surface area contributed by atoms with Gasteiger partial charge in [-0.15, -0.1) is 0 Å². The normalized spacial score (nSPS) is 11.0. The van der Waals surface area contributed by atoms with Gasteiger partial charge in [-0.2, -0.15) is 13.2 Å². The number of nitrogens with zero attached hydrogens (tertiary/aromatic N) is 1. The van der Waals surface area contributed by atoms with E-state index >= 15 is 0 Å². The number of rotatable bonds is 3. The highest BCUT2D eigenvalue weighted by molar-refractivity contribution is 5.99. The summed E-state index contributed by atoms with van der Waals surface area (Å²) in [4.78, 5) is 15.7. The monoisotopic (exact) mass is 325 g/mol. The van der Waals surface area contributed by atoms with E-state index in [9.17, 15) is 18.0 Å². The molecule has 8 heteroatoms. The Labute approximate surface area is 130 Å². The molecular formula is C15H14F3N3O2. The zero-order chi connectivity index (χ0) is 17.0. The average molecular weight is 325 g/mol. The summed E-state index contributed by atoms with van der Waals surface area (Å²) < 4.78 is 43.2. The van der Waals surface area contributed by atoms with Gasteiger partial charge in [0.2, 0.25) is 0 Å². The van der Waals surface area contributed by atoms with Gasteiger partial charge >= 0.3 is 12.2 Å². The molecule has 0 spiro atoms. The number of carbonyl (C=O) groups is 1. The van der Waals surface area contributed by atoms with Gasteiger partial charge in [0.1, 0.15) is 11.6 Å². The average Bonchev–Trinajstić information content (AvgIpc) is 2.46. The molecule has 0 saturated heterocycles. The second-order valence-electron chi connectivity index (χ2n) is 4.69. The van der Waals surface area contributed by atoms with Gasteiger partial charge in [-0.05, 0) is 43.3 Å². The number of benzene rings is 1. The standard InChI is InChI=1S/C15H14F3N3O2/c1-9-7-10(15(16,17)18)8-13(19-9)21-14(22)20-11-3-5-12(23-2)6-4-11/h3-8H,1-2H3,(H2,19,20,21,22). The Hall–Kier alpha value is -2.77. The van der Waals surface area contributed by atoms with Crippen LogP contribution in [-0.2, 0) is 6.18 Å². The predicted molar refractivity (Wildman–Crippen MR) is 79.6 cm³/mol. The van der Waals surface area contributed by atoms with Gasteiger partial charge in [-0.3, -0.25) is 5.32 Å². The van der Waals surface area contributed by atoms with Crippen molar-refractivity contribution in [2.75, 3.05) is 17.7 Å². The zero-order valence-electron chi connectivity index (χ0n) is 12.4. The highest BCUT2D eigenvalue weighted by Crippen LogP contribution is 2.30. The van der Waals surface area contributed by atoms with Crippen molar-refractivity contribution in [2.24, 2.45) is 0 Å². The van der Waals surface area contributed by atoms with E-state index in [1.807, 2.05) is 0 Å². The summed E-state index contributed by atoms with van der Waals surface area (Å²) >= 11 is 0. The second-order valence-corrected chi connectivity index (χ2v) is 4.69. The summed E-state index contributed by atoms with van der Waals surface area (Å²) in [5.41, 5.74) is -0.253. The molecule has 0 aliphatic rings. The van der Waals surface area contributed by atoms with E-state index in [1.54, 1.807) is 24.3 Å². The van der Waals surface area contributed by atoms with Gasteiger partial charge in [-0.25, -0.2) is 9.78 Å². The van der Waals surface area contributed by atoms with E-state index in [1.165, 1.54) is 14.0 Å². The molecule has 1 aromatic carbocycles. The summed E-state index contributed by atoms with van der Waals surface area (Å²) in [7, 11) is 1.51. The van der Waals surface area contributed by atoms with Crippen LogP contribution in [0.3, 0.4) is 0 Å². The number of aromatic nitrogens is 1. The smallest absolute Gasteiger partial charge is 0.416 e. The van der Waals surface area contributed by atoms with Crippen molar-refractivity contribution in [1.82, 2.24) is 4.98 Å². The molecular weight excluding hydrogens is 311 g/mol. The van der Waals surface area contributed by atoms with Crippen LogP contribution in [0.25, 0.3) is 0 Å². The Bertz CT molecular complexity index is 700. The topological polar surface area (TPSA) is 63.2 Å². The van der Waals surface area contributed by atoms with Crippen molar-refractivity contribution in [3.63, 3.8) is 0 Å². The van der Waals surface area contributed by atoms with E-state index in [0.29, 0.717) is 11.4 Å². The molecule has 2 rings (SSSR count). The van der Waals surface area contributed by atoms with Crippen molar-refractivity contribution in [3.05, 3.63) is 47.7 Å². The number of methoxy groups -OCH3 is 1. The van der Waals surface area contributed by atoms with Gasteiger partial charge in [0, 0.05) is 11.4 Å². The van der Waals surface area contributed by atoms with Crippen molar-refractivity contribution in [1.29, 1.82) is 0 Å². The van der Waals surface area contributed by atoms with E-state index in [4.69, 9.17) is 4.74 Å². The lowest BCUT2D eigenvalue weighted by Crippen LogP contribution is -2.20. The molecule has 1 aromatic heterocycles. The predicted octanol–water partition coefficient (Wildman–Crippen LogP) is 4.06. The van der Waals surface area contributed by atoms with Crippen LogP contribution in [0, 0.1) is 6.92 Å². The number of nitrogens with one attached hydrogen (secondary N) is 2. The fourth-order valence-corrected chi connectivity index (χ4v) is 1.85. The number of alkyl halides is 3. The lowest BCUT2D eigenvalue weighted by molar-refractivity contribution is -0.137. The van der Waals surface area contributed by atoms with Crippen LogP contribution in [-0.4, -0.2) is 18.1 Å². The van der Waals surface area contributed by atoms with Crippen LogP contribution in [0.5, 0.6) is 5.75 Å². The number of anilines is 2. The third-order valence-electron chi connectivity index (χ3n) is 2.87. The number of carbonyl (C=O) groups excluding carboxylic acids is 1. The van der Waals surface area contributed by atoms with Gasteiger partial charge in [0.05, 0.1) is 12.7 Å². The molecule has 2 N–H and O–H groups in total. The first kappa shape index (κ1) is 16.6. The molecule has 2 aromatic rings. The number of hydrogen-bond acceptors (Lipinski definition) is 3. The van der Waals surface area contributed by atoms with Crippen LogP contribution in [0.4, 0.5) is 29.5 Å². The lowest BCUT2D eigenvalue weighted by Gasteiger charge is -2.11. The Morgan fingerprint density at radius 1 is 1.13 bits per heavy atom. The van der Waals surface area contributed by atoms with Gasteiger partial charge in [0.15, 0.2) is 0 Å². The second kappa shape index (κ2) is 6.55. The number of urea groups is 1. The van der Waals surface area contributed by atoms with E-state index < -0.39 is 17.8 Å². The molecule has 0 aliphatic carbocycles. The molecule has 0 fully saturated rings. The minimum atomic E-state index is -4.50. The summed E-state index contributed by atoms with van der Waals surface area (Å²) in [6.07, 6.45) is -4.50. The fourth-order valence-electron chi connectivity index (χ4n) is 1.85. The van der Waals surface area contributed by atoms with Crippen molar-refractivity contribution in [2.45, 2.75) is 13.1 Å². The number of aryl methyl sites for hydroxylation is 1. The van der Waals surface area contributed by atoms with Crippen molar-refractivity contribution < 1.29 is 22.7 Å². The first-order chi connectivity index (χ1) is 10.8. The Morgan fingerprint density at radius 2 is 1.78 bits per heavy atom. The largest absolute Gasteiger partial charge is 0.497 e. The number of halogens is 3. The molecule has 5 nitrogen and oxygen atoms in total. The molecule has 0 saturated carbocycles. The third-order valence-corrected chi connectivity index (χ3v) is 2.87. The van der Waals surface area contributed by atoms with Gasteiger partial charge in [-0.1, -0.05) is 0 Å². The van der Waals surface area contributed by atoms with E-state index in [0.717, 1.165) is 12.1 Å². The summed E-state index contributed by atoms with van der Waals surface area (Å²) in [6, 6.07) is 7.48. The summed E-state index contributed by atoms with van der Waals surface area (Å²) in [6.45, 7) is 1.42. The Balaban J connectivity index is 2.09. The minimum Gasteiger partial charge on any atom is -0.497 e. The first-order valence-electron chi connectivity index (χ1n) is 6.56. The highest BCUT2D eigenvalue weighted by Gasteiger charge is 2.31. The van der Waals surface area contributed by atoms with E-state index in [2.05, 4.69) is 15.6 Å². The Kier molecular flexibility index (Phi) is 4.73. The summed E-state index contributed by atoms with van der Waals surface area (Å²) in [5, 5.41) is 4.77. The van der Waals surface area contributed by atoms with E-state index in [-0.39, 0.29) is 11.5 Å². The van der Waals surface area contributed by atoms with Gasteiger partial charge in [0.25, 0.3) is 0 Å². The lowest BCUT2D eigenvalue weighted by atomic mass is 10.2. The molecule has 0 radical (unpaired) electrons. The van der Waals surface area contributed by atoms with Gasteiger partial charge < -0.3 is 10.1 Å². The SMILES string of the molecule is COc1ccc(NC(=O)Nc2cc(C(F)(F)F)cc(C)n2)cc1. The molecule has 23 heavy (non-hydrogen) atoms. The number of ether oxygens (including phenoxy) is 1. The fraction of sp³-hybridized carbons (Fsp3) is 0.200. The quantitative estimate of drug-likeness (QED) is 0.894. The molecule has 0 atom stereocenters. The minimum absolute atomic E-state index is 0.152. The Morgan fingerprint density at radius 3 is 2.35 bits per heavy atom. The maximum atomic E-state index is 12.7. The molecule has 1 heterocycles. The summed E-state index contributed by atoms with van der Waals surface area (Å²) in [5.74, 6) is 0.439. The molecule has 0 aliphatic heterocycles. The van der Waals surface area contributed by atoms with Crippen molar-refractivity contribution >= 4 is 17.5 Å². The first-order valence-corrected chi connectivity index (χ1v) is 6.56. The number of hydrogen-bond donors (Lipinski definition) is 2. The zero-order valence-corrected chi connectivity index (χ0v) is 12.4. The van der Waals surface area contributed by atoms with Crippen LogP contribution in [0.2, 0.25) is 0 Å². The molecule has 0 unspecified atom stereocenters. The molecule has 0 bridgehead atoms. The van der Waals surface area contributed by atoms with Crippen molar-refractivity contribution in [3.8, 4) is 5.75 Å².